The molecule has 11 heteroatoms. The summed E-state index contributed by atoms with van der Waals surface area (Å²) in [4.78, 5) is 25.1. The summed E-state index contributed by atoms with van der Waals surface area (Å²) in [6.07, 6.45) is -2.64. The van der Waals surface area contributed by atoms with Crippen LogP contribution in [0.4, 0.5) is 23.2 Å². The molecule has 23 heavy (non-hydrogen) atoms. The second-order valence-electron chi connectivity index (χ2n) is 4.92. The largest absolute Gasteiger partial charge is 0.471 e. The molecule has 0 bridgehead atoms. The van der Waals surface area contributed by atoms with Crippen molar-refractivity contribution < 1.29 is 32.0 Å². The molecule has 0 unspecified atom stereocenters. The van der Waals surface area contributed by atoms with Gasteiger partial charge in [-0.2, -0.15) is 8.78 Å². The molecule has 126 valence electrons. The summed E-state index contributed by atoms with van der Waals surface area (Å²) in [7, 11) is 0. The lowest BCUT2D eigenvalue weighted by molar-refractivity contribution is -0.497. The van der Waals surface area contributed by atoms with Crippen LogP contribution in [-0.2, 0) is 4.79 Å². The smallest absolute Gasteiger partial charge is 0.340 e. The topological polar surface area (TPSA) is 94.4 Å². The molecule has 0 aromatic carbocycles. The number of ether oxygens (including phenoxy) is 1. The van der Waals surface area contributed by atoms with Crippen LogP contribution in [-0.4, -0.2) is 40.8 Å². The summed E-state index contributed by atoms with van der Waals surface area (Å²) < 4.78 is 53.7. The number of amides is 1. The molecular weight excluding hydrogens is 326 g/mol. The highest BCUT2D eigenvalue weighted by Crippen LogP contribution is 2.34. The average molecular weight is 337 g/mol. The molecule has 2 rings (SSSR count). The lowest BCUT2D eigenvalue weighted by atomic mass is 10.3. The van der Waals surface area contributed by atoms with E-state index < -0.39 is 41.7 Å². The quantitative estimate of drug-likeness (QED) is 0.466. The maximum atomic E-state index is 12.7. The van der Waals surface area contributed by atoms with Crippen LogP contribution < -0.4 is 10.1 Å². The number of alkyl halides is 4. The van der Waals surface area contributed by atoms with Crippen molar-refractivity contribution in [3.8, 4) is 5.88 Å². The van der Waals surface area contributed by atoms with Crippen LogP contribution in [0.25, 0.3) is 0 Å². The van der Waals surface area contributed by atoms with Crippen molar-refractivity contribution in [3.63, 3.8) is 0 Å². The molecule has 1 fully saturated rings. The second kappa shape index (κ2) is 6.34. The Morgan fingerprint density at radius 1 is 1.52 bits per heavy atom. The lowest BCUT2D eigenvalue weighted by Crippen LogP contribution is -2.33. The molecule has 1 saturated carbocycles. The minimum atomic E-state index is -4.29. The number of nitrogens with one attached hydrogen (secondary N) is 1. The predicted molar refractivity (Wildman–Crippen MR) is 68.2 cm³/mol. The van der Waals surface area contributed by atoms with Crippen molar-refractivity contribution >= 4 is 11.6 Å². The fraction of sp³-hybridized carbons (Fsp3) is 0.500. The van der Waals surface area contributed by atoms with Crippen molar-refractivity contribution in [1.29, 1.82) is 0 Å². The van der Waals surface area contributed by atoms with E-state index in [0.717, 1.165) is 12.3 Å². The van der Waals surface area contributed by atoms with Crippen molar-refractivity contribution in [2.24, 2.45) is 5.92 Å². The summed E-state index contributed by atoms with van der Waals surface area (Å²) in [5, 5.41) is 12.8. The Morgan fingerprint density at radius 2 is 2.22 bits per heavy atom. The third-order valence-corrected chi connectivity index (χ3v) is 3.10. The van der Waals surface area contributed by atoms with E-state index in [4.69, 9.17) is 0 Å². The van der Waals surface area contributed by atoms with Gasteiger partial charge in [-0.05, 0) is 6.07 Å². The van der Waals surface area contributed by atoms with Gasteiger partial charge >= 0.3 is 12.3 Å². The van der Waals surface area contributed by atoms with Crippen LogP contribution in [0, 0.1) is 16.0 Å². The van der Waals surface area contributed by atoms with E-state index in [1.165, 1.54) is 6.07 Å². The van der Waals surface area contributed by atoms with Gasteiger partial charge in [-0.15, -0.1) is 0 Å². The number of hydrogen-bond acceptors (Lipinski definition) is 5. The van der Waals surface area contributed by atoms with E-state index in [1.807, 2.05) is 0 Å². The Bertz CT molecular complexity index is 596. The van der Waals surface area contributed by atoms with Crippen LogP contribution >= 0.6 is 0 Å². The van der Waals surface area contributed by atoms with Crippen LogP contribution in [0.15, 0.2) is 18.3 Å². The Balaban J connectivity index is 1.85. The fourth-order valence-corrected chi connectivity index (χ4v) is 1.70. The van der Waals surface area contributed by atoms with E-state index in [2.05, 4.69) is 15.0 Å². The Morgan fingerprint density at radius 3 is 2.70 bits per heavy atom. The highest BCUT2D eigenvalue weighted by molar-refractivity contribution is 5.94. The van der Waals surface area contributed by atoms with Gasteiger partial charge in [-0.3, -0.25) is 14.9 Å². The first-order chi connectivity index (χ1) is 10.7. The maximum absolute atomic E-state index is 12.7. The Hall–Kier alpha value is -2.46. The number of carbonyl (C=O) groups excluding carboxylic acids is 1. The molecule has 1 N–H and O–H groups in total. The first-order valence-electron chi connectivity index (χ1n) is 6.40. The normalized spacial score (nSPS) is 20.2. The Kier molecular flexibility index (Phi) is 4.66. The maximum Gasteiger partial charge on any atom is 0.340 e. The van der Waals surface area contributed by atoms with Gasteiger partial charge in [0, 0.05) is 17.4 Å². The SMILES string of the molecule is O=C(Nc1ccc(OCC(F)(F)C(F)F)nc1)[C@@H]1C[C@@H]1[N+](=O)[O-]. The lowest BCUT2D eigenvalue weighted by Gasteiger charge is -2.15. The molecule has 0 saturated heterocycles. The number of anilines is 1. The van der Waals surface area contributed by atoms with E-state index in [0.29, 0.717) is 0 Å². The Labute approximate surface area is 126 Å². The van der Waals surface area contributed by atoms with Gasteiger partial charge in [-0.25, -0.2) is 13.8 Å². The molecule has 1 amide bonds. The first kappa shape index (κ1) is 16.9. The molecule has 7 nitrogen and oxygen atoms in total. The number of pyridine rings is 1. The molecule has 1 aliphatic rings. The van der Waals surface area contributed by atoms with Crippen molar-refractivity contribution in [2.45, 2.75) is 24.8 Å². The highest BCUT2D eigenvalue weighted by atomic mass is 19.3. The van der Waals surface area contributed by atoms with Gasteiger partial charge in [0.1, 0.15) is 5.92 Å². The van der Waals surface area contributed by atoms with Crippen molar-refractivity contribution in [3.05, 3.63) is 28.4 Å². The van der Waals surface area contributed by atoms with Crippen LogP contribution in [0.1, 0.15) is 6.42 Å². The fourth-order valence-electron chi connectivity index (χ4n) is 1.70. The van der Waals surface area contributed by atoms with Crippen LogP contribution in [0.2, 0.25) is 0 Å². The minimum absolute atomic E-state index is 0.149. The van der Waals surface area contributed by atoms with Gasteiger partial charge in [-0.1, -0.05) is 0 Å². The van der Waals surface area contributed by atoms with Crippen LogP contribution in [0.3, 0.4) is 0 Å². The number of nitrogens with zero attached hydrogens (tertiary/aromatic N) is 2. The zero-order valence-electron chi connectivity index (χ0n) is 11.4. The summed E-state index contributed by atoms with van der Waals surface area (Å²) in [6, 6.07) is 1.46. The van der Waals surface area contributed by atoms with Crippen LogP contribution in [0.5, 0.6) is 5.88 Å². The van der Waals surface area contributed by atoms with E-state index in [-0.39, 0.29) is 18.0 Å². The summed E-state index contributed by atoms with van der Waals surface area (Å²) in [6.45, 7) is -1.53. The zero-order chi connectivity index (χ0) is 17.2. The monoisotopic (exact) mass is 337 g/mol. The van der Waals surface area contributed by atoms with Crippen molar-refractivity contribution in [1.82, 2.24) is 4.98 Å². The summed E-state index contributed by atoms with van der Waals surface area (Å²) in [5.74, 6) is -5.88. The van der Waals surface area contributed by atoms with E-state index in [9.17, 15) is 32.5 Å². The van der Waals surface area contributed by atoms with E-state index >= 15 is 0 Å². The molecule has 2 atom stereocenters. The standard InChI is InChI=1S/C12H11F4N3O4/c13-11(14)12(15,16)5-23-9-2-1-6(4-17-9)18-10(20)7-3-8(7)19(21)22/h1-2,4,7-8,11H,3,5H2,(H,18,20)/t7-,8+/m1/s1. The second-order valence-corrected chi connectivity index (χ2v) is 4.92. The third-order valence-electron chi connectivity index (χ3n) is 3.10. The number of halogens is 4. The molecule has 1 heterocycles. The molecule has 0 aliphatic heterocycles. The van der Waals surface area contributed by atoms with Gasteiger partial charge < -0.3 is 10.1 Å². The molecule has 0 spiro atoms. The van der Waals surface area contributed by atoms with Gasteiger partial charge in [0.05, 0.1) is 11.9 Å². The minimum Gasteiger partial charge on any atom is -0.471 e. The number of rotatable bonds is 7. The molecule has 0 radical (unpaired) electrons. The number of nitro groups is 1. The van der Waals surface area contributed by atoms with Gasteiger partial charge in [0.25, 0.3) is 0 Å². The zero-order valence-corrected chi connectivity index (χ0v) is 11.4. The third kappa shape index (κ3) is 4.27. The molecular formula is C12H11F4N3O4. The highest BCUT2D eigenvalue weighted by Gasteiger charge is 2.53. The summed E-state index contributed by atoms with van der Waals surface area (Å²) in [5.41, 5.74) is 0.178. The van der Waals surface area contributed by atoms with E-state index in [1.54, 1.807) is 0 Å². The number of hydrogen-bond donors (Lipinski definition) is 1. The summed E-state index contributed by atoms with van der Waals surface area (Å²) >= 11 is 0. The van der Waals surface area contributed by atoms with Gasteiger partial charge in [0.2, 0.25) is 17.8 Å². The molecule has 1 aromatic rings. The first-order valence-corrected chi connectivity index (χ1v) is 6.40. The average Bonchev–Trinajstić information content (AvgIpc) is 3.27. The van der Waals surface area contributed by atoms with Gasteiger partial charge in [0.15, 0.2) is 6.61 Å². The number of carbonyl (C=O) groups is 1. The molecule has 1 aromatic heterocycles. The molecule has 1 aliphatic carbocycles. The van der Waals surface area contributed by atoms with Crippen molar-refractivity contribution in [2.75, 3.05) is 11.9 Å². The number of aromatic nitrogens is 1. The predicted octanol–water partition coefficient (Wildman–Crippen LogP) is 1.96.